The summed E-state index contributed by atoms with van der Waals surface area (Å²) in [6, 6.07) is 12.3. The second-order valence-corrected chi connectivity index (χ2v) is 4.77. The zero-order valence-corrected chi connectivity index (χ0v) is 11.1. The molecule has 0 aliphatic heterocycles. The highest BCUT2D eigenvalue weighted by atomic mass is 16.3. The second-order valence-electron chi connectivity index (χ2n) is 4.77. The summed E-state index contributed by atoms with van der Waals surface area (Å²) in [7, 11) is 1.92. The third-order valence-corrected chi connectivity index (χ3v) is 3.23. The van der Waals surface area contributed by atoms with Crippen LogP contribution in [0.25, 0.3) is 11.0 Å². The number of benzene rings is 1. The number of hydrogen-bond acceptors (Lipinski definition) is 3. The van der Waals surface area contributed by atoms with Crippen LogP contribution in [0.5, 0.6) is 0 Å². The van der Waals surface area contributed by atoms with Gasteiger partial charge in [-0.1, -0.05) is 18.2 Å². The van der Waals surface area contributed by atoms with Gasteiger partial charge in [0.05, 0.1) is 11.7 Å². The lowest BCUT2D eigenvalue weighted by atomic mass is 10.2. The van der Waals surface area contributed by atoms with E-state index in [9.17, 15) is 0 Å². The van der Waals surface area contributed by atoms with Crippen molar-refractivity contribution in [2.45, 2.75) is 19.5 Å². The van der Waals surface area contributed by atoms with Gasteiger partial charge in [0.15, 0.2) is 0 Å². The Morgan fingerprint density at radius 3 is 2.89 bits per heavy atom. The maximum atomic E-state index is 5.84. The summed E-state index contributed by atoms with van der Waals surface area (Å²) >= 11 is 0. The number of rotatable bonds is 4. The Hall–Kier alpha value is -2.07. The first kappa shape index (κ1) is 12.0. The molecule has 2 aromatic heterocycles. The Labute approximate surface area is 112 Å². The van der Waals surface area contributed by atoms with E-state index in [2.05, 4.69) is 29.5 Å². The first-order valence-electron chi connectivity index (χ1n) is 6.43. The molecule has 0 saturated heterocycles. The zero-order valence-electron chi connectivity index (χ0n) is 11.1. The Morgan fingerprint density at radius 1 is 1.32 bits per heavy atom. The number of nitrogens with zero attached hydrogens (tertiary/aromatic N) is 2. The zero-order chi connectivity index (χ0) is 13.2. The summed E-state index contributed by atoms with van der Waals surface area (Å²) < 4.78 is 7.64. The molecule has 0 aliphatic carbocycles. The molecular formula is C15H17N3O. The van der Waals surface area contributed by atoms with Crippen LogP contribution in [-0.2, 0) is 13.6 Å². The van der Waals surface area contributed by atoms with Crippen LogP contribution in [0, 0.1) is 0 Å². The van der Waals surface area contributed by atoms with Crippen molar-refractivity contribution in [3.8, 4) is 0 Å². The Morgan fingerprint density at radius 2 is 2.16 bits per heavy atom. The lowest BCUT2D eigenvalue weighted by Crippen LogP contribution is -2.18. The number of aromatic nitrogens is 2. The highest BCUT2D eigenvalue weighted by Crippen LogP contribution is 2.23. The van der Waals surface area contributed by atoms with E-state index in [1.165, 1.54) is 0 Å². The van der Waals surface area contributed by atoms with Crippen molar-refractivity contribution in [2.24, 2.45) is 7.05 Å². The van der Waals surface area contributed by atoms with E-state index in [0.717, 1.165) is 29.0 Å². The number of aryl methyl sites for hydroxylation is 1. The molecule has 98 valence electrons. The topological polar surface area (TPSA) is 43.0 Å². The van der Waals surface area contributed by atoms with E-state index >= 15 is 0 Å². The predicted octanol–water partition coefficient (Wildman–Crippen LogP) is 3.02. The van der Waals surface area contributed by atoms with Crippen molar-refractivity contribution in [2.75, 3.05) is 0 Å². The second kappa shape index (κ2) is 4.90. The summed E-state index contributed by atoms with van der Waals surface area (Å²) in [5.74, 6) is 0.956. The molecule has 3 aromatic rings. The fourth-order valence-electron chi connectivity index (χ4n) is 2.13. The van der Waals surface area contributed by atoms with Gasteiger partial charge in [0, 0.05) is 25.2 Å². The van der Waals surface area contributed by atoms with Crippen molar-refractivity contribution in [3.05, 3.63) is 54.0 Å². The lowest BCUT2D eigenvalue weighted by Gasteiger charge is -2.09. The number of hydrogen-bond donors (Lipinski definition) is 1. The molecule has 4 nitrogen and oxygen atoms in total. The first-order valence-corrected chi connectivity index (χ1v) is 6.43. The van der Waals surface area contributed by atoms with Crippen molar-refractivity contribution < 1.29 is 4.42 Å². The molecule has 0 amide bonds. The quantitative estimate of drug-likeness (QED) is 0.779. The van der Waals surface area contributed by atoms with Gasteiger partial charge in [0.1, 0.15) is 11.3 Å². The van der Waals surface area contributed by atoms with Crippen molar-refractivity contribution in [3.63, 3.8) is 0 Å². The highest BCUT2D eigenvalue weighted by Gasteiger charge is 2.11. The minimum absolute atomic E-state index is 0.161. The van der Waals surface area contributed by atoms with Gasteiger partial charge in [-0.2, -0.15) is 5.10 Å². The summed E-state index contributed by atoms with van der Waals surface area (Å²) in [6.07, 6.45) is 1.95. The van der Waals surface area contributed by atoms with Crippen molar-refractivity contribution >= 4 is 11.0 Å². The summed E-state index contributed by atoms with van der Waals surface area (Å²) in [6.45, 7) is 2.83. The molecule has 3 rings (SSSR count). The maximum absolute atomic E-state index is 5.84. The highest BCUT2D eigenvalue weighted by molar-refractivity contribution is 5.77. The molecule has 1 atom stereocenters. The Bertz CT molecular complexity index is 650. The van der Waals surface area contributed by atoms with Crippen LogP contribution in [0.4, 0.5) is 0 Å². The smallest absolute Gasteiger partial charge is 0.134 e. The van der Waals surface area contributed by atoms with Gasteiger partial charge in [0.2, 0.25) is 0 Å². The van der Waals surface area contributed by atoms with Crippen molar-refractivity contribution in [1.82, 2.24) is 15.1 Å². The van der Waals surface area contributed by atoms with E-state index in [0.29, 0.717) is 0 Å². The molecule has 2 heterocycles. The van der Waals surface area contributed by atoms with Gasteiger partial charge in [-0.25, -0.2) is 0 Å². The largest absolute Gasteiger partial charge is 0.459 e. The number of para-hydroxylation sites is 1. The molecule has 0 radical (unpaired) electrons. The molecule has 0 saturated carbocycles. The van der Waals surface area contributed by atoms with Gasteiger partial charge < -0.3 is 9.73 Å². The molecule has 0 aliphatic rings. The van der Waals surface area contributed by atoms with E-state index in [4.69, 9.17) is 4.42 Å². The fourth-order valence-corrected chi connectivity index (χ4v) is 2.13. The van der Waals surface area contributed by atoms with E-state index in [1.54, 1.807) is 0 Å². The number of furan rings is 1. The van der Waals surface area contributed by atoms with E-state index in [1.807, 2.05) is 42.2 Å². The molecule has 19 heavy (non-hydrogen) atoms. The molecule has 1 unspecified atom stereocenters. The van der Waals surface area contributed by atoms with Crippen LogP contribution >= 0.6 is 0 Å². The van der Waals surface area contributed by atoms with Crippen LogP contribution in [0.15, 0.2) is 47.0 Å². The molecule has 4 heteroatoms. The summed E-state index contributed by atoms with van der Waals surface area (Å²) in [5.41, 5.74) is 1.97. The third kappa shape index (κ3) is 2.53. The molecule has 0 bridgehead atoms. The standard InChI is InChI=1S/C15H17N3O/c1-11(16-10-13-7-8-18(2)17-13)15-9-12-5-3-4-6-14(12)19-15/h3-9,11,16H,10H2,1-2H3. The van der Waals surface area contributed by atoms with Crippen LogP contribution < -0.4 is 5.32 Å². The van der Waals surface area contributed by atoms with Crippen LogP contribution in [0.1, 0.15) is 24.4 Å². The maximum Gasteiger partial charge on any atom is 0.134 e. The molecule has 0 fully saturated rings. The van der Waals surface area contributed by atoms with Crippen LogP contribution in [-0.4, -0.2) is 9.78 Å². The summed E-state index contributed by atoms with van der Waals surface area (Å²) in [5, 5.41) is 8.91. The van der Waals surface area contributed by atoms with Gasteiger partial charge in [0.25, 0.3) is 0 Å². The van der Waals surface area contributed by atoms with E-state index < -0.39 is 0 Å². The molecule has 1 aromatic carbocycles. The minimum Gasteiger partial charge on any atom is -0.459 e. The third-order valence-electron chi connectivity index (χ3n) is 3.23. The molecular weight excluding hydrogens is 238 g/mol. The Balaban J connectivity index is 1.71. The molecule has 0 spiro atoms. The predicted molar refractivity (Wildman–Crippen MR) is 74.7 cm³/mol. The summed E-state index contributed by atoms with van der Waals surface area (Å²) in [4.78, 5) is 0. The van der Waals surface area contributed by atoms with Crippen molar-refractivity contribution in [1.29, 1.82) is 0 Å². The average molecular weight is 255 g/mol. The Kier molecular flexibility index (Phi) is 3.09. The van der Waals surface area contributed by atoms with Crippen LogP contribution in [0.2, 0.25) is 0 Å². The number of fused-ring (bicyclic) bond motifs is 1. The van der Waals surface area contributed by atoms with Gasteiger partial charge >= 0.3 is 0 Å². The minimum atomic E-state index is 0.161. The lowest BCUT2D eigenvalue weighted by molar-refractivity contribution is 0.448. The monoisotopic (exact) mass is 255 g/mol. The fraction of sp³-hybridized carbons (Fsp3) is 0.267. The normalized spacial score (nSPS) is 12.9. The SMILES string of the molecule is CC(NCc1ccn(C)n1)c1cc2ccccc2o1. The first-order chi connectivity index (χ1) is 9.22. The van der Waals surface area contributed by atoms with E-state index in [-0.39, 0.29) is 6.04 Å². The van der Waals surface area contributed by atoms with Crippen LogP contribution in [0.3, 0.4) is 0 Å². The van der Waals surface area contributed by atoms with Gasteiger partial charge in [-0.05, 0) is 25.1 Å². The molecule has 1 N–H and O–H groups in total. The van der Waals surface area contributed by atoms with Gasteiger partial charge in [-0.3, -0.25) is 4.68 Å². The average Bonchev–Trinajstić information content (AvgIpc) is 3.01. The number of nitrogens with one attached hydrogen (secondary N) is 1. The van der Waals surface area contributed by atoms with Gasteiger partial charge in [-0.15, -0.1) is 0 Å².